The zero-order valence-corrected chi connectivity index (χ0v) is 12.1. The number of nitrogens with one attached hydrogen (secondary N) is 1. The third kappa shape index (κ3) is 2.52. The lowest BCUT2D eigenvalue weighted by atomic mass is 10.2. The summed E-state index contributed by atoms with van der Waals surface area (Å²) in [4.78, 5) is 5.66. The van der Waals surface area contributed by atoms with Crippen molar-refractivity contribution in [2.24, 2.45) is 0 Å². The second kappa shape index (κ2) is 5.33. The summed E-state index contributed by atoms with van der Waals surface area (Å²) >= 11 is 7.63. The van der Waals surface area contributed by atoms with Gasteiger partial charge < -0.3 is 9.88 Å². The van der Waals surface area contributed by atoms with E-state index in [1.165, 1.54) is 4.88 Å². The van der Waals surface area contributed by atoms with Gasteiger partial charge in [0.2, 0.25) is 0 Å². The lowest BCUT2D eigenvalue weighted by molar-refractivity contribution is 0.515. The van der Waals surface area contributed by atoms with E-state index in [1.807, 2.05) is 37.6 Å². The number of halogens is 1. The molecular formula is C14H14ClN3S. The number of nitrogens with zero attached hydrogens (tertiary/aromatic N) is 2. The summed E-state index contributed by atoms with van der Waals surface area (Å²) in [7, 11) is 1.97. The van der Waals surface area contributed by atoms with Crippen LogP contribution in [-0.4, -0.2) is 16.6 Å². The van der Waals surface area contributed by atoms with E-state index in [1.54, 1.807) is 11.3 Å². The van der Waals surface area contributed by atoms with Gasteiger partial charge in [0.1, 0.15) is 0 Å². The van der Waals surface area contributed by atoms with Gasteiger partial charge in [-0.15, -0.1) is 11.3 Å². The van der Waals surface area contributed by atoms with E-state index in [4.69, 9.17) is 11.6 Å². The van der Waals surface area contributed by atoms with Crippen LogP contribution in [0.2, 0.25) is 4.34 Å². The zero-order valence-electron chi connectivity index (χ0n) is 10.5. The van der Waals surface area contributed by atoms with Gasteiger partial charge in [0.15, 0.2) is 0 Å². The van der Waals surface area contributed by atoms with Gasteiger partial charge in [0.05, 0.1) is 27.7 Å². The molecule has 1 unspecified atom stereocenters. The second-order valence-electron chi connectivity index (χ2n) is 4.37. The molecule has 0 bridgehead atoms. The fourth-order valence-electron chi connectivity index (χ4n) is 2.19. The Morgan fingerprint density at radius 1 is 1.32 bits per heavy atom. The van der Waals surface area contributed by atoms with Crippen LogP contribution in [0.1, 0.15) is 10.9 Å². The van der Waals surface area contributed by atoms with Crippen molar-refractivity contribution in [2.45, 2.75) is 12.6 Å². The summed E-state index contributed by atoms with van der Waals surface area (Å²) in [6.07, 6.45) is 1.89. The van der Waals surface area contributed by atoms with Gasteiger partial charge in [-0.25, -0.2) is 4.98 Å². The molecule has 1 aromatic carbocycles. The molecule has 98 valence electrons. The first-order valence-corrected chi connectivity index (χ1v) is 7.30. The summed E-state index contributed by atoms with van der Waals surface area (Å²) in [5, 5.41) is 3.34. The quantitative estimate of drug-likeness (QED) is 0.794. The Morgan fingerprint density at radius 3 is 2.89 bits per heavy atom. The van der Waals surface area contributed by atoms with Gasteiger partial charge in [-0.1, -0.05) is 23.7 Å². The van der Waals surface area contributed by atoms with Crippen LogP contribution in [0.3, 0.4) is 0 Å². The topological polar surface area (TPSA) is 29.9 Å². The van der Waals surface area contributed by atoms with Gasteiger partial charge in [-0.3, -0.25) is 0 Å². The van der Waals surface area contributed by atoms with Crippen molar-refractivity contribution < 1.29 is 0 Å². The molecule has 0 radical (unpaired) electrons. The molecule has 2 heterocycles. The van der Waals surface area contributed by atoms with E-state index < -0.39 is 0 Å². The minimum atomic E-state index is 0.245. The van der Waals surface area contributed by atoms with Crippen LogP contribution in [0.15, 0.2) is 42.7 Å². The number of rotatable bonds is 4. The van der Waals surface area contributed by atoms with E-state index in [9.17, 15) is 0 Å². The van der Waals surface area contributed by atoms with Gasteiger partial charge >= 0.3 is 0 Å². The lowest BCUT2D eigenvalue weighted by Gasteiger charge is -2.15. The largest absolute Gasteiger partial charge is 0.329 e. The molecule has 0 aliphatic carbocycles. The van der Waals surface area contributed by atoms with Crippen LogP contribution in [0.4, 0.5) is 0 Å². The molecule has 0 spiro atoms. The van der Waals surface area contributed by atoms with Crippen LogP contribution in [0.5, 0.6) is 0 Å². The summed E-state index contributed by atoms with van der Waals surface area (Å²) in [6, 6.07) is 12.4. The van der Waals surface area contributed by atoms with E-state index >= 15 is 0 Å². The van der Waals surface area contributed by atoms with Gasteiger partial charge in [0, 0.05) is 11.4 Å². The van der Waals surface area contributed by atoms with Crippen LogP contribution in [0, 0.1) is 0 Å². The first kappa shape index (κ1) is 12.7. The Bertz CT molecular complexity index is 689. The molecule has 3 rings (SSSR count). The fraction of sp³-hybridized carbons (Fsp3) is 0.214. The molecule has 0 fully saturated rings. The average molecular weight is 292 g/mol. The Kier molecular flexibility index (Phi) is 3.55. The third-order valence-electron chi connectivity index (χ3n) is 3.19. The second-order valence-corrected chi connectivity index (χ2v) is 6.12. The van der Waals surface area contributed by atoms with Crippen molar-refractivity contribution in [3.8, 4) is 0 Å². The normalized spacial score (nSPS) is 12.9. The van der Waals surface area contributed by atoms with Crippen molar-refractivity contribution >= 4 is 34.0 Å². The molecule has 0 saturated heterocycles. The number of hydrogen-bond donors (Lipinski definition) is 1. The van der Waals surface area contributed by atoms with Gasteiger partial charge in [-0.2, -0.15) is 0 Å². The minimum Gasteiger partial charge on any atom is -0.329 e. The van der Waals surface area contributed by atoms with Crippen LogP contribution in [-0.2, 0) is 6.54 Å². The highest BCUT2D eigenvalue weighted by Gasteiger charge is 2.13. The maximum atomic E-state index is 6.01. The molecule has 2 aromatic heterocycles. The van der Waals surface area contributed by atoms with Crippen molar-refractivity contribution in [1.82, 2.24) is 14.9 Å². The summed E-state index contributed by atoms with van der Waals surface area (Å²) < 4.78 is 3.00. The molecule has 19 heavy (non-hydrogen) atoms. The van der Waals surface area contributed by atoms with Crippen molar-refractivity contribution in [3.05, 3.63) is 51.9 Å². The Labute approximate surface area is 120 Å². The molecule has 3 nitrogen and oxygen atoms in total. The van der Waals surface area contributed by atoms with E-state index in [0.717, 1.165) is 21.9 Å². The number of para-hydroxylation sites is 2. The fourth-order valence-corrected chi connectivity index (χ4v) is 3.35. The molecule has 1 atom stereocenters. The molecule has 0 aliphatic heterocycles. The van der Waals surface area contributed by atoms with Gasteiger partial charge in [-0.05, 0) is 31.3 Å². The highest BCUT2D eigenvalue weighted by Crippen LogP contribution is 2.28. The Balaban J connectivity index is 1.90. The number of benzene rings is 1. The zero-order chi connectivity index (χ0) is 13.2. The SMILES string of the molecule is CNC(Cn1cnc2ccccc21)c1ccc(Cl)s1. The predicted molar refractivity (Wildman–Crippen MR) is 80.9 cm³/mol. The first-order chi connectivity index (χ1) is 9.28. The maximum Gasteiger partial charge on any atom is 0.0958 e. The average Bonchev–Trinajstić information content (AvgIpc) is 3.03. The number of aromatic nitrogens is 2. The number of imidazole rings is 1. The smallest absolute Gasteiger partial charge is 0.0958 e. The molecule has 0 aliphatic rings. The third-order valence-corrected chi connectivity index (χ3v) is 4.54. The van der Waals surface area contributed by atoms with Gasteiger partial charge in [0.25, 0.3) is 0 Å². The number of hydrogen-bond acceptors (Lipinski definition) is 3. The van der Waals surface area contributed by atoms with Crippen molar-refractivity contribution in [1.29, 1.82) is 0 Å². The number of likely N-dealkylation sites (N-methyl/N-ethyl adjacent to an activating group) is 1. The highest BCUT2D eigenvalue weighted by atomic mass is 35.5. The summed E-state index contributed by atoms with van der Waals surface area (Å²) in [6.45, 7) is 0.841. The molecule has 3 aromatic rings. The molecule has 0 amide bonds. The van der Waals surface area contributed by atoms with Crippen LogP contribution < -0.4 is 5.32 Å². The maximum absolute atomic E-state index is 6.01. The van der Waals surface area contributed by atoms with E-state index in [2.05, 4.69) is 27.0 Å². The lowest BCUT2D eigenvalue weighted by Crippen LogP contribution is -2.20. The van der Waals surface area contributed by atoms with Crippen molar-refractivity contribution in [3.63, 3.8) is 0 Å². The first-order valence-electron chi connectivity index (χ1n) is 6.10. The summed E-state index contributed by atoms with van der Waals surface area (Å²) in [5.41, 5.74) is 2.19. The van der Waals surface area contributed by atoms with Crippen LogP contribution in [0.25, 0.3) is 11.0 Å². The summed E-state index contributed by atoms with van der Waals surface area (Å²) in [5.74, 6) is 0. The van der Waals surface area contributed by atoms with Crippen LogP contribution >= 0.6 is 22.9 Å². The molecule has 0 saturated carbocycles. The Hall–Kier alpha value is -1.36. The molecule has 1 N–H and O–H groups in total. The number of thiophene rings is 1. The molecule has 5 heteroatoms. The standard InChI is InChI=1S/C14H14ClN3S/c1-16-11(13-6-7-14(15)19-13)8-18-9-17-10-4-2-3-5-12(10)18/h2-7,9,11,16H,8H2,1H3. The molecular weight excluding hydrogens is 278 g/mol. The number of fused-ring (bicyclic) bond motifs is 1. The monoisotopic (exact) mass is 291 g/mol. The van der Waals surface area contributed by atoms with E-state index in [0.29, 0.717) is 0 Å². The Morgan fingerprint density at radius 2 is 2.16 bits per heavy atom. The minimum absolute atomic E-state index is 0.245. The highest BCUT2D eigenvalue weighted by molar-refractivity contribution is 7.16. The van der Waals surface area contributed by atoms with E-state index in [-0.39, 0.29) is 6.04 Å². The van der Waals surface area contributed by atoms with Crippen molar-refractivity contribution in [2.75, 3.05) is 7.05 Å². The predicted octanol–water partition coefficient (Wildman–Crippen LogP) is 3.71.